The molecule has 1 N–H and O–H groups in total. The Bertz CT molecular complexity index is 1450. The second-order valence-corrected chi connectivity index (χ2v) is 9.66. The predicted molar refractivity (Wildman–Crippen MR) is 119 cm³/mol. The number of rotatable bonds is 6. The van der Waals surface area contributed by atoms with Gasteiger partial charge in [-0.3, -0.25) is 14.2 Å². The second-order valence-electron chi connectivity index (χ2n) is 7.89. The van der Waals surface area contributed by atoms with Crippen LogP contribution >= 0.6 is 0 Å². The fraction of sp³-hybridized carbons (Fsp3) is 0.318. The Kier molecular flexibility index (Phi) is 5.18. The number of pyridine rings is 1. The summed E-state index contributed by atoms with van der Waals surface area (Å²) < 4.78 is 36.6. The number of sulfonamides is 1. The van der Waals surface area contributed by atoms with Crippen molar-refractivity contribution >= 4 is 21.1 Å². The topological polar surface area (TPSA) is 112 Å². The number of aryl methyl sites for hydroxylation is 1. The third kappa shape index (κ3) is 3.65. The molecule has 3 aromatic heterocycles. The van der Waals surface area contributed by atoms with Crippen molar-refractivity contribution in [3.8, 4) is 11.3 Å². The number of aromatic nitrogens is 4. The minimum absolute atomic E-state index is 0.0846. The SMILES string of the molecule is Cn1c(=O)oc2ccc(S(=O)(=O)NCCn3nc(-c4ccncc4)c4c3CCCC4)cc21. The Morgan fingerprint density at radius 2 is 1.91 bits per heavy atom. The van der Waals surface area contributed by atoms with Crippen LogP contribution in [-0.4, -0.2) is 34.3 Å². The van der Waals surface area contributed by atoms with Crippen LogP contribution in [0.15, 0.2) is 56.8 Å². The normalized spacial score (nSPS) is 14.0. The molecule has 32 heavy (non-hydrogen) atoms. The number of nitrogens with zero attached hydrogens (tertiary/aromatic N) is 4. The van der Waals surface area contributed by atoms with E-state index in [0.29, 0.717) is 17.6 Å². The fourth-order valence-corrected chi connectivity index (χ4v) is 5.28. The van der Waals surface area contributed by atoms with E-state index in [1.165, 1.54) is 34.0 Å². The van der Waals surface area contributed by atoms with E-state index >= 15 is 0 Å². The Labute approximate surface area is 184 Å². The molecule has 166 valence electrons. The molecule has 0 unspecified atom stereocenters. The van der Waals surface area contributed by atoms with Crippen molar-refractivity contribution in [2.45, 2.75) is 37.1 Å². The van der Waals surface area contributed by atoms with Crippen molar-refractivity contribution in [3.63, 3.8) is 0 Å². The first kappa shape index (κ1) is 20.7. The molecule has 0 bridgehead atoms. The molecular formula is C22H23N5O4S. The van der Waals surface area contributed by atoms with Crippen molar-refractivity contribution in [1.82, 2.24) is 24.1 Å². The van der Waals surface area contributed by atoms with Gasteiger partial charge in [-0.15, -0.1) is 0 Å². The molecule has 1 aromatic carbocycles. The van der Waals surface area contributed by atoms with Crippen molar-refractivity contribution in [3.05, 3.63) is 64.5 Å². The van der Waals surface area contributed by atoms with Crippen molar-refractivity contribution < 1.29 is 12.8 Å². The lowest BCUT2D eigenvalue weighted by Gasteiger charge is -2.14. The fourth-order valence-electron chi connectivity index (χ4n) is 4.24. The summed E-state index contributed by atoms with van der Waals surface area (Å²) in [5, 5.41) is 4.81. The van der Waals surface area contributed by atoms with Gasteiger partial charge < -0.3 is 4.42 Å². The smallest absolute Gasteiger partial charge is 0.408 e. The molecule has 3 heterocycles. The Morgan fingerprint density at radius 3 is 2.72 bits per heavy atom. The number of hydrogen-bond acceptors (Lipinski definition) is 6. The van der Waals surface area contributed by atoms with Gasteiger partial charge in [-0.2, -0.15) is 5.10 Å². The average molecular weight is 454 g/mol. The highest BCUT2D eigenvalue weighted by atomic mass is 32.2. The summed E-state index contributed by atoms with van der Waals surface area (Å²) in [7, 11) is -2.21. The van der Waals surface area contributed by atoms with E-state index in [-0.39, 0.29) is 11.4 Å². The molecule has 10 heteroatoms. The van der Waals surface area contributed by atoms with Crippen LogP contribution in [0.1, 0.15) is 24.1 Å². The number of nitrogens with one attached hydrogen (secondary N) is 1. The van der Waals surface area contributed by atoms with Crippen LogP contribution in [0, 0.1) is 0 Å². The number of hydrogen-bond donors (Lipinski definition) is 1. The number of benzene rings is 1. The van der Waals surface area contributed by atoms with E-state index in [4.69, 9.17) is 9.52 Å². The van der Waals surface area contributed by atoms with E-state index in [9.17, 15) is 13.2 Å². The highest BCUT2D eigenvalue weighted by molar-refractivity contribution is 7.89. The lowest BCUT2D eigenvalue weighted by Crippen LogP contribution is -2.28. The molecule has 0 atom stereocenters. The van der Waals surface area contributed by atoms with Gasteiger partial charge in [0.1, 0.15) is 0 Å². The summed E-state index contributed by atoms with van der Waals surface area (Å²) >= 11 is 0. The molecule has 0 saturated carbocycles. The first-order valence-corrected chi connectivity index (χ1v) is 12.0. The van der Waals surface area contributed by atoms with Crippen molar-refractivity contribution in [2.75, 3.05) is 6.54 Å². The largest absolute Gasteiger partial charge is 0.419 e. The minimum Gasteiger partial charge on any atom is -0.408 e. The van der Waals surface area contributed by atoms with Crippen LogP contribution in [0.4, 0.5) is 0 Å². The van der Waals surface area contributed by atoms with Crippen LogP contribution in [0.2, 0.25) is 0 Å². The molecule has 0 spiro atoms. The Morgan fingerprint density at radius 1 is 1.12 bits per heavy atom. The molecule has 0 radical (unpaired) electrons. The monoisotopic (exact) mass is 453 g/mol. The van der Waals surface area contributed by atoms with Gasteiger partial charge in [0.05, 0.1) is 22.7 Å². The lowest BCUT2D eigenvalue weighted by atomic mass is 9.94. The first-order chi connectivity index (χ1) is 15.4. The molecule has 1 aliphatic rings. The van der Waals surface area contributed by atoms with Gasteiger partial charge in [0.15, 0.2) is 5.58 Å². The number of oxazole rings is 1. The van der Waals surface area contributed by atoms with Gasteiger partial charge in [-0.25, -0.2) is 17.9 Å². The van der Waals surface area contributed by atoms with E-state index in [2.05, 4.69) is 9.71 Å². The summed E-state index contributed by atoms with van der Waals surface area (Å²) in [4.78, 5) is 15.8. The zero-order valence-electron chi connectivity index (χ0n) is 17.6. The summed E-state index contributed by atoms with van der Waals surface area (Å²) in [6.07, 6.45) is 7.65. The molecule has 0 saturated heterocycles. The van der Waals surface area contributed by atoms with Crippen molar-refractivity contribution in [1.29, 1.82) is 0 Å². The van der Waals surface area contributed by atoms with Gasteiger partial charge in [-0.05, 0) is 56.0 Å². The number of fused-ring (bicyclic) bond motifs is 2. The molecule has 0 aliphatic heterocycles. The second kappa shape index (κ2) is 8.03. The molecule has 0 amide bonds. The third-order valence-corrected chi connectivity index (χ3v) is 7.36. The highest BCUT2D eigenvalue weighted by Crippen LogP contribution is 2.31. The quantitative estimate of drug-likeness (QED) is 0.479. The summed E-state index contributed by atoms with van der Waals surface area (Å²) in [5.74, 6) is -0.532. The van der Waals surface area contributed by atoms with Gasteiger partial charge >= 0.3 is 5.76 Å². The summed E-state index contributed by atoms with van der Waals surface area (Å²) in [5.41, 5.74) is 5.19. The highest BCUT2D eigenvalue weighted by Gasteiger charge is 2.22. The predicted octanol–water partition coefficient (Wildman–Crippen LogP) is 2.25. The molecule has 1 aliphatic carbocycles. The Balaban J connectivity index is 1.37. The molecule has 9 nitrogen and oxygen atoms in total. The van der Waals surface area contributed by atoms with Gasteiger partial charge in [0.25, 0.3) is 0 Å². The minimum atomic E-state index is -3.75. The maximum Gasteiger partial charge on any atom is 0.419 e. The van der Waals surface area contributed by atoms with Crippen LogP contribution in [-0.2, 0) is 36.5 Å². The zero-order valence-corrected chi connectivity index (χ0v) is 18.4. The first-order valence-electron chi connectivity index (χ1n) is 10.5. The molecular weight excluding hydrogens is 430 g/mol. The molecule has 0 fully saturated rings. The zero-order chi connectivity index (χ0) is 22.3. The summed E-state index contributed by atoms with van der Waals surface area (Å²) in [6, 6.07) is 8.27. The maximum absolute atomic E-state index is 12.8. The van der Waals surface area contributed by atoms with E-state index in [1.807, 2.05) is 16.8 Å². The van der Waals surface area contributed by atoms with Gasteiger partial charge in [0, 0.05) is 42.8 Å². The molecule has 5 rings (SSSR count). The third-order valence-electron chi connectivity index (χ3n) is 5.90. The Hall–Kier alpha value is -3.24. The van der Waals surface area contributed by atoms with E-state index in [1.54, 1.807) is 19.4 Å². The summed E-state index contributed by atoms with van der Waals surface area (Å²) in [6.45, 7) is 0.633. The van der Waals surface area contributed by atoms with E-state index in [0.717, 1.165) is 36.9 Å². The average Bonchev–Trinajstić information content (AvgIpc) is 3.31. The van der Waals surface area contributed by atoms with Gasteiger partial charge in [0.2, 0.25) is 10.0 Å². The molecule has 4 aromatic rings. The van der Waals surface area contributed by atoms with E-state index < -0.39 is 15.8 Å². The van der Waals surface area contributed by atoms with Crippen LogP contribution < -0.4 is 10.5 Å². The van der Waals surface area contributed by atoms with Crippen molar-refractivity contribution in [2.24, 2.45) is 7.05 Å². The van der Waals surface area contributed by atoms with Crippen LogP contribution in [0.25, 0.3) is 22.4 Å². The lowest BCUT2D eigenvalue weighted by molar-refractivity contribution is 0.528. The van der Waals surface area contributed by atoms with Crippen LogP contribution in [0.5, 0.6) is 0 Å². The van der Waals surface area contributed by atoms with Gasteiger partial charge in [-0.1, -0.05) is 0 Å². The van der Waals surface area contributed by atoms with Crippen LogP contribution in [0.3, 0.4) is 0 Å². The maximum atomic E-state index is 12.8. The standard InChI is InChI=1S/C22H23N5O4S/c1-26-19-14-16(6-7-20(19)31-22(26)28)32(29,30)24-12-13-27-18-5-3-2-4-17(18)21(25-27)15-8-10-23-11-9-15/h6-11,14,24H,2-5,12-13H2,1H3.